The molecule has 0 spiro atoms. The van der Waals surface area contributed by atoms with Gasteiger partial charge in [-0.1, -0.05) is 5.16 Å². The molecule has 1 amide bonds. The minimum Gasteiger partial charge on any atom is -0.360 e. The van der Waals surface area contributed by atoms with Crippen LogP contribution in [-0.2, 0) is 11.3 Å². The first-order valence-corrected chi connectivity index (χ1v) is 4.64. The molecule has 1 rings (SSSR count). The number of nitrogens with zero attached hydrogens (tertiary/aromatic N) is 1. The second kappa shape index (κ2) is 6.15. The molecule has 14 heavy (non-hydrogen) atoms. The van der Waals surface area contributed by atoms with Crippen molar-refractivity contribution in [3.05, 3.63) is 18.0 Å². The topological polar surface area (TPSA) is 67.2 Å². The van der Waals surface area contributed by atoms with Crippen LogP contribution >= 0.6 is 0 Å². The van der Waals surface area contributed by atoms with E-state index in [0.29, 0.717) is 18.7 Å². The van der Waals surface area contributed by atoms with Crippen LogP contribution in [0.15, 0.2) is 16.8 Å². The van der Waals surface area contributed by atoms with Crippen molar-refractivity contribution < 1.29 is 9.32 Å². The van der Waals surface area contributed by atoms with Crippen molar-refractivity contribution in [2.24, 2.45) is 0 Å². The minimum atomic E-state index is 0.0386. The van der Waals surface area contributed by atoms with Crippen molar-refractivity contribution in [3.63, 3.8) is 0 Å². The highest BCUT2D eigenvalue weighted by Crippen LogP contribution is 1.95. The Labute approximate surface area is 82.8 Å². The Morgan fingerprint density at radius 2 is 2.50 bits per heavy atom. The van der Waals surface area contributed by atoms with Crippen LogP contribution < -0.4 is 10.6 Å². The summed E-state index contributed by atoms with van der Waals surface area (Å²) in [6.45, 7) is 1.27. The van der Waals surface area contributed by atoms with Gasteiger partial charge in [-0.15, -0.1) is 0 Å². The lowest BCUT2D eigenvalue weighted by Crippen LogP contribution is -2.23. The minimum absolute atomic E-state index is 0.0386. The molecule has 0 radical (unpaired) electrons. The van der Waals surface area contributed by atoms with Gasteiger partial charge < -0.3 is 15.2 Å². The fraction of sp³-hybridized carbons (Fsp3) is 0.556. The molecular weight excluding hydrogens is 182 g/mol. The quantitative estimate of drug-likeness (QED) is 0.643. The van der Waals surface area contributed by atoms with Gasteiger partial charge in [0.15, 0.2) is 5.76 Å². The summed E-state index contributed by atoms with van der Waals surface area (Å²) in [4.78, 5) is 11.2. The number of hydrogen-bond acceptors (Lipinski definition) is 4. The van der Waals surface area contributed by atoms with Gasteiger partial charge in [-0.3, -0.25) is 4.79 Å². The molecule has 5 nitrogen and oxygen atoms in total. The Hall–Kier alpha value is -1.36. The molecule has 2 N–H and O–H groups in total. The molecule has 1 aromatic rings. The molecule has 0 aliphatic carbocycles. The second-order valence-corrected chi connectivity index (χ2v) is 2.96. The average Bonchev–Trinajstić information content (AvgIpc) is 2.68. The highest BCUT2D eigenvalue weighted by atomic mass is 16.5. The summed E-state index contributed by atoms with van der Waals surface area (Å²) >= 11 is 0. The Balaban J connectivity index is 2.09. The van der Waals surface area contributed by atoms with Crippen LogP contribution in [0.2, 0.25) is 0 Å². The number of hydrogen-bond donors (Lipinski definition) is 2. The van der Waals surface area contributed by atoms with E-state index in [9.17, 15) is 4.79 Å². The zero-order chi connectivity index (χ0) is 10.2. The summed E-state index contributed by atoms with van der Waals surface area (Å²) in [7, 11) is 1.87. The first kappa shape index (κ1) is 10.7. The number of nitrogens with one attached hydrogen (secondary N) is 2. The van der Waals surface area contributed by atoms with Gasteiger partial charge in [-0.2, -0.15) is 0 Å². The summed E-state index contributed by atoms with van der Waals surface area (Å²) in [5.74, 6) is 0.712. The van der Waals surface area contributed by atoms with E-state index in [0.717, 1.165) is 13.0 Å². The molecule has 0 saturated carbocycles. The zero-order valence-electron chi connectivity index (χ0n) is 8.25. The molecule has 1 aromatic heterocycles. The summed E-state index contributed by atoms with van der Waals surface area (Å²) in [5.41, 5.74) is 0. The van der Waals surface area contributed by atoms with Gasteiger partial charge in [0, 0.05) is 12.5 Å². The molecule has 0 aromatic carbocycles. The van der Waals surface area contributed by atoms with Gasteiger partial charge in [0.1, 0.15) is 0 Å². The zero-order valence-corrected chi connectivity index (χ0v) is 8.25. The maximum atomic E-state index is 11.2. The van der Waals surface area contributed by atoms with Gasteiger partial charge in [-0.05, 0) is 20.0 Å². The molecule has 0 saturated heterocycles. The summed E-state index contributed by atoms with van der Waals surface area (Å²) in [6.07, 6.45) is 2.94. The maximum Gasteiger partial charge on any atom is 0.220 e. The van der Waals surface area contributed by atoms with Crippen molar-refractivity contribution in [2.45, 2.75) is 19.4 Å². The van der Waals surface area contributed by atoms with E-state index in [1.807, 2.05) is 7.05 Å². The maximum absolute atomic E-state index is 11.2. The van der Waals surface area contributed by atoms with Crippen LogP contribution in [0.3, 0.4) is 0 Å². The lowest BCUT2D eigenvalue weighted by molar-refractivity contribution is -0.121. The largest absolute Gasteiger partial charge is 0.360 e. The molecule has 0 bridgehead atoms. The molecule has 78 valence electrons. The molecular formula is C9H15N3O2. The first-order chi connectivity index (χ1) is 6.83. The number of aromatic nitrogens is 1. The molecule has 0 aliphatic rings. The Morgan fingerprint density at radius 3 is 3.14 bits per heavy atom. The predicted molar refractivity (Wildman–Crippen MR) is 51.5 cm³/mol. The SMILES string of the molecule is CNCCCC(=O)NCc1ccno1. The third-order valence-electron chi connectivity index (χ3n) is 1.78. The van der Waals surface area contributed by atoms with Gasteiger partial charge in [0.25, 0.3) is 0 Å². The summed E-state index contributed by atoms with van der Waals surface area (Å²) < 4.78 is 4.83. The van der Waals surface area contributed by atoms with Crippen molar-refractivity contribution in [1.82, 2.24) is 15.8 Å². The lowest BCUT2D eigenvalue weighted by atomic mass is 10.3. The van der Waals surface area contributed by atoms with Gasteiger partial charge in [0.05, 0.1) is 12.7 Å². The molecule has 5 heteroatoms. The van der Waals surface area contributed by atoms with Crippen LogP contribution in [0.5, 0.6) is 0 Å². The van der Waals surface area contributed by atoms with Crippen molar-refractivity contribution in [3.8, 4) is 0 Å². The summed E-state index contributed by atoms with van der Waals surface area (Å²) in [5, 5.41) is 9.27. The van der Waals surface area contributed by atoms with Crippen molar-refractivity contribution >= 4 is 5.91 Å². The third kappa shape index (κ3) is 4.04. The van der Waals surface area contributed by atoms with Gasteiger partial charge >= 0.3 is 0 Å². The summed E-state index contributed by atoms with van der Waals surface area (Å²) in [6, 6.07) is 1.73. The monoisotopic (exact) mass is 197 g/mol. The van der Waals surface area contributed by atoms with Crippen LogP contribution in [0.1, 0.15) is 18.6 Å². The normalized spacial score (nSPS) is 10.1. The third-order valence-corrected chi connectivity index (χ3v) is 1.78. The van der Waals surface area contributed by atoms with Crippen LogP contribution in [0.4, 0.5) is 0 Å². The van der Waals surface area contributed by atoms with E-state index in [2.05, 4.69) is 15.8 Å². The Kier molecular flexibility index (Phi) is 4.71. The van der Waals surface area contributed by atoms with E-state index in [-0.39, 0.29) is 5.91 Å². The van der Waals surface area contributed by atoms with Gasteiger partial charge in [0.2, 0.25) is 5.91 Å². The van der Waals surface area contributed by atoms with Crippen LogP contribution in [0, 0.1) is 0 Å². The average molecular weight is 197 g/mol. The van der Waals surface area contributed by atoms with E-state index < -0.39 is 0 Å². The molecule has 0 fully saturated rings. The van der Waals surface area contributed by atoms with Crippen molar-refractivity contribution in [2.75, 3.05) is 13.6 Å². The molecule has 0 unspecified atom stereocenters. The fourth-order valence-corrected chi connectivity index (χ4v) is 1.03. The van der Waals surface area contributed by atoms with Gasteiger partial charge in [-0.25, -0.2) is 0 Å². The number of carbonyl (C=O) groups excluding carboxylic acids is 1. The predicted octanol–water partition coefficient (Wildman–Crippen LogP) is 0.290. The molecule has 0 atom stereocenters. The number of rotatable bonds is 6. The van der Waals surface area contributed by atoms with E-state index >= 15 is 0 Å². The molecule has 0 aliphatic heterocycles. The van der Waals surface area contributed by atoms with E-state index in [4.69, 9.17) is 4.52 Å². The molecule has 1 heterocycles. The standard InChI is InChI=1S/C9H15N3O2/c1-10-5-2-3-9(13)11-7-8-4-6-12-14-8/h4,6,10H,2-3,5,7H2,1H3,(H,11,13). The Morgan fingerprint density at radius 1 is 1.64 bits per heavy atom. The van der Waals surface area contributed by atoms with E-state index in [1.165, 1.54) is 0 Å². The smallest absolute Gasteiger partial charge is 0.220 e. The van der Waals surface area contributed by atoms with Crippen LogP contribution in [0.25, 0.3) is 0 Å². The number of amides is 1. The fourth-order valence-electron chi connectivity index (χ4n) is 1.03. The highest BCUT2D eigenvalue weighted by Gasteiger charge is 2.02. The Bertz CT molecular complexity index is 259. The number of carbonyl (C=O) groups is 1. The second-order valence-electron chi connectivity index (χ2n) is 2.96. The lowest BCUT2D eigenvalue weighted by Gasteiger charge is -2.01. The first-order valence-electron chi connectivity index (χ1n) is 4.64. The van der Waals surface area contributed by atoms with Crippen LogP contribution in [-0.4, -0.2) is 24.7 Å². The van der Waals surface area contributed by atoms with E-state index in [1.54, 1.807) is 12.3 Å². The highest BCUT2D eigenvalue weighted by molar-refractivity contribution is 5.75. The van der Waals surface area contributed by atoms with Crippen molar-refractivity contribution in [1.29, 1.82) is 0 Å².